The SMILES string of the molecule is CCNC(=O)C(C)NC(=O)c1sc(NCC)nc1N. The number of amides is 2. The highest BCUT2D eigenvalue weighted by molar-refractivity contribution is 7.18. The first kappa shape index (κ1) is 15.2. The lowest BCUT2D eigenvalue weighted by Gasteiger charge is -2.12. The molecule has 0 aliphatic heterocycles. The zero-order valence-corrected chi connectivity index (χ0v) is 12.1. The fourth-order valence-corrected chi connectivity index (χ4v) is 2.23. The van der Waals surface area contributed by atoms with Crippen LogP contribution in [0.4, 0.5) is 10.9 Å². The second kappa shape index (κ2) is 6.93. The fraction of sp³-hybridized carbons (Fsp3) is 0.545. The van der Waals surface area contributed by atoms with E-state index in [2.05, 4.69) is 20.9 Å². The Kier molecular flexibility index (Phi) is 5.56. The molecule has 0 bridgehead atoms. The average Bonchev–Trinajstić information content (AvgIpc) is 2.71. The molecule has 0 aliphatic carbocycles. The largest absolute Gasteiger partial charge is 0.382 e. The van der Waals surface area contributed by atoms with Crippen LogP contribution in [0.2, 0.25) is 0 Å². The van der Waals surface area contributed by atoms with Crippen LogP contribution in [-0.2, 0) is 4.79 Å². The monoisotopic (exact) mass is 285 g/mol. The molecule has 1 heterocycles. The van der Waals surface area contributed by atoms with Gasteiger partial charge < -0.3 is 21.7 Å². The van der Waals surface area contributed by atoms with Crippen molar-refractivity contribution in [1.29, 1.82) is 0 Å². The van der Waals surface area contributed by atoms with Gasteiger partial charge in [0.2, 0.25) is 5.91 Å². The molecule has 1 aromatic rings. The summed E-state index contributed by atoms with van der Waals surface area (Å²) in [7, 11) is 0. The summed E-state index contributed by atoms with van der Waals surface area (Å²) in [5, 5.41) is 8.80. The minimum atomic E-state index is -0.614. The summed E-state index contributed by atoms with van der Waals surface area (Å²) in [5.74, 6) is -0.453. The van der Waals surface area contributed by atoms with E-state index in [4.69, 9.17) is 5.73 Å². The third kappa shape index (κ3) is 4.09. The van der Waals surface area contributed by atoms with E-state index in [1.807, 2.05) is 13.8 Å². The molecule has 1 atom stereocenters. The molecule has 5 N–H and O–H groups in total. The molecule has 0 saturated carbocycles. The molecule has 1 aromatic heterocycles. The summed E-state index contributed by atoms with van der Waals surface area (Å²) >= 11 is 1.17. The Balaban J connectivity index is 2.70. The van der Waals surface area contributed by atoms with E-state index >= 15 is 0 Å². The van der Waals surface area contributed by atoms with Gasteiger partial charge in [-0.15, -0.1) is 0 Å². The number of aromatic nitrogens is 1. The van der Waals surface area contributed by atoms with Gasteiger partial charge in [0.25, 0.3) is 5.91 Å². The van der Waals surface area contributed by atoms with Gasteiger partial charge in [0.05, 0.1) is 0 Å². The van der Waals surface area contributed by atoms with E-state index in [9.17, 15) is 9.59 Å². The molecule has 0 radical (unpaired) electrons. The zero-order valence-electron chi connectivity index (χ0n) is 11.2. The van der Waals surface area contributed by atoms with E-state index in [-0.39, 0.29) is 11.7 Å². The Morgan fingerprint density at radius 2 is 2.05 bits per heavy atom. The lowest BCUT2D eigenvalue weighted by Crippen LogP contribution is -2.44. The van der Waals surface area contributed by atoms with Crippen molar-refractivity contribution < 1.29 is 9.59 Å². The zero-order chi connectivity index (χ0) is 14.4. The van der Waals surface area contributed by atoms with E-state index < -0.39 is 11.9 Å². The molecule has 7 nitrogen and oxygen atoms in total. The van der Waals surface area contributed by atoms with Crippen molar-refractivity contribution in [2.24, 2.45) is 0 Å². The quantitative estimate of drug-likeness (QED) is 0.605. The first-order valence-electron chi connectivity index (χ1n) is 6.08. The standard InChI is InChI=1S/C11H19N5O2S/c1-4-13-9(17)6(3)15-10(18)7-8(12)16-11(19-7)14-5-2/h6H,4-5,12H2,1-3H3,(H,13,17)(H,14,16)(H,15,18). The van der Waals surface area contributed by atoms with Crippen LogP contribution < -0.4 is 21.7 Å². The summed E-state index contributed by atoms with van der Waals surface area (Å²) in [6.45, 7) is 6.58. The molecular weight excluding hydrogens is 266 g/mol. The lowest BCUT2D eigenvalue weighted by molar-refractivity contribution is -0.122. The summed E-state index contributed by atoms with van der Waals surface area (Å²) in [6, 6.07) is -0.614. The molecule has 0 aromatic carbocycles. The Bertz CT molecular complexity index is 460. The Morgan fingerprint density at radius 3 is 2.63 bits per heavy atom. The van der Waals surface area contributed by atoms with Crippen molar-refractivity contribution in [2.75, 3.05) is 24.1 Å². The number of carbonyl (C=O) groups excluding carboxylic acids is 2. The van der Waals surface area contributed by atoms with Crippen LogP contribution in [0, 0.1) is 0 Å². The number of thiazole rings is 1. The molecule has 0 spiro atoms. The first-order chi connectivity index (χ1) is 8.99. The van der Waals surface area contributed by atoms with Crippen LogP contribution in [0.25, 0.3) is 0 Å². The second-order valence-corrected chi connectivity index (χ2v) is 4.85. The topological polar surface area (TPSA) is 109 Å². The maximum atomic E-state index is 12.0. The minimum Gasteiger partial charge on any atom is -0.382 e. The van der Waals surface area contributed by atoms with Gasteiger partial charge in [-0.2, -0.15) is 0 Å². The van der Waals surface area contributed by atoms with Gasteiger partial charge in [0.1, 0.15) is 16.7 Å². The van der Waals surface area contributed by atoms with E-state index in [1.165, 1.54) is 11.3 Å². The lowest BCUT2D eigenvalue weighted by atomic mass is 10.3. The van der Waals surface area contributed by atoms with Crippen LogP contribution in [0.5, 0.6) is 0 Å². The van der Waals surface area contributed by atoms with Gasteiger partial charge in [-0.1, -0.05) is 11.3 Å². The number of nitrogens with one attached hydrogen (secondary N) is 3. The molecule has 2 amide bonds. The summed E-state index contributed by atoms with van der Waals surface area (Å²) < 4.78 is 0. The molecule has 8 heteroatoms. The maximum absolute atomic E-state index is 12.0. The molecule has 0 saturated heterocycles. The number of rotatable bonds is 6. The molecule has 1 unspecified atom stereocenters. The number of hydrogen-bond donors (Lipinski definition) is 4. The van der Waals surface area contributed by atoms with Gasteiger partial charge >= 0.3 is 0 Å². The van der Waals surface area contributed by atoms with Gasteiger partial charge in [-0.05, 0) is 20.8 Å². The Hall–Kier alpha value is -1.83. The normalized spacial score (nSPS) is 11.7. The summed E-state index contributed by atoms with van der Waals surface area (Å²) in [5.41, 5.74) is 5.68. The fourth-order valence-electron chi connectivity index (χ4n) is 1.38. The second-order valence-electron chi connectivity index (χ2n) is 3.85. The van der Waals surface area contributed by atoms with E-state index in [0.29, 0.717) is 23.1 Å². The first-order valence-corrected chi connectivity index (χ1v) is 6.89. The Morgan fingerprint density at radius 1 is 1.37 bits per heavy atom. The minimum absolute atomic E-state index is 0.168. The van der Waals surface area contributed by atoms with Gasteiger partial charge in [-0.3, -0.25) is 9.59 Å². The number of hydrogen-bond acceptors (Lipinski definition) is 6. The third-order valence-corrected chi connectivity index (χ3v) is 3.31. The number of nitrogens with zero attached hydrogens (tertiary/aromatic N) is 1. The smallest absolute Gasteiger partial charge is 0.265 e. The highest BCUT2D eigenvalue weighted by Gasteiger charge is 2.20. The van der Waals surface area contributed by atoms with Crippen molar-refractivity contribution >= 4 is 34.1 Å². The average molecular weight is 285 g/mol. The van der Waals surface area contributed by atoms with Crippen molar-refractivity contribution in [3.63, 3.8) is 0 Å². The van der Waals surface area contributed by atoms with E-state index in [1.54, 1.807) is 6.92 Å². The molecule has 106 valence electrons. The predicted octanol–water partition coefficient (Wildman–Crippen LogP) is 0.411. The van der Waals surface area contributed by atoms with Gasteiger partial charge in [0.15, 0.2) is 5.13 Å². The highest BCUT2D eigenvalue weighted by atomic mass is 32.1. The van der Waals surface area contributed by atoms with Crippen LogP contribution in [0.1, 0.15) is 30.4 Å². The molecular formula is C11H19N5O2S. The number of nitrogen functional groups attached to an aromatic ring is 1. The molecule has 0 fully saturated rings. The molecule has 1 rings (SSSR count). The molecule has 19 heavy (non-hydrogen) atoms. The number of likely N-dealkylation sites (N-methyl/N-ethyl adjacent to an activating group) is 1. The Labute approximate surface area is 116 Å². The summed E-state index contributed by atoms with van der Waals surface area (Å²) in [4.78, 5) is 27.8. The maximum Gasteiger partial charge on any atom is 0.265 e. The number of carbonyl (C=O) groups is 2. The van der Waals surface area contributed by atoms with Crippen LogP contribution in [-0.4, -0.2) is 35.9 Å². The van der Waals surface area contributed by atoms with Crippen molar-refractivity contribution in [3.05, 3.63) is 4.88 Å². The van der Waals surface area contributed by atoms with Crippen molar-refractivity contribution in [1.82, 2.24) is 15.6 Å². The van der Waals surface area contributed by atoms with E-state index in [0.717, 1.165) is 0 Å². The number of nitrogens with two attached hydrogens (primary N) is 1. The van der Waals surface area contributed by atoms with Gasteiger partial charge in [-0.25, -0.2) is 4.98 Å². The predicted molar refractivity (Wildman–Crippen MR) is 76.3 cm³/mol. The third-order valence-electron chi connectivity index (χ3n) is 2.28. The van der Waals surface area contributed by atoms with Crippen LogP contribution in [0.15, 0.2) is 0 Å². The summed E-state index contributed by atoms with van der Waals surface area (Å²) in [6.07, 6.45) is 0. The van der Waals surface area contributed by atoms with Crippen LogP contribution in [0.3, 0.4) is 0 Å². The molecule has 0 aliphatic rings. The van der Waals surface area contributed by atoms with Crippen molar-refractivity contribution in [3.8, 4) is 0 Å². The van der Waals surface area contributed by atoms with Crippen LogP contribution >= 0.6 is 11.3 Å². The van der Waals surface area contributed by atoms with Gasteiger partial charge in [0, 0.05) is 13.1 Å². The van der Waals surface area contributed by atoms with Crippen molar-refractivity contribution in [2.45, 2.75) is 26.8 Å². The highest BCUT2D eigenvalue weighted by Crippen LogP contribution is 2.24. The number of anilines is 2.